The number of aryl methyl sites for hydroxylation is 2. The molecule has 1 fully saturated rings. The van der Waals surface area contributed by atoms with Gasteiger partial charge in [0.1, 0.15) is 5.82 Å². The van der Waals surface area contributed by atoms with Crippen LogP contribution in [0.1, 0.15) is 51.6 Å². The van der Waals surface area contributed by atoms with Crippen molar-refractivity contribution in [3.63, 3.8) is 0 Å². The van der Waals surface area contributed by atoms with Gasteiger partial charge in [0.15, 0.2) is 0 Å². The zero-order valence-electron chi connectivity index (χ0n) is 24.3. The average molecular weight is 558 g/mol. The molecule has 0 saturated carbocycles. The number of aromatic nitrogens is 5. The molecular weight excluding hydrogens is 522 g/mol. The molecule has 0 aliphatic carbocycles. The van der Waals surface area contributed by atoms with Crippen LogP contribution in [0.25, 0.3) is 22.5 Å². The van der Waals surface area contributed by atoms with Crippen LogP contribution in [-0.2, 0) is 13.5 Å². The van der Waals surface area contributed by atoms with Crippen LogP contribution in [0.3, 0.4) is 0 Å². The number of nitrogens with one attached hydrogen (secondary N) is 1. The number of carbonyl (C=O) groups excluding carboxylic acids is 1. The second-order valence-electron chi connectivity index (χ2n) is 11.2. The lowest BCUT2D eigenvalue weighted by Gasteiger charge is -2.29. The molecule has 1 aliphatic heterocycles. The van der Waals surface area contributed by atoms with Gasteiger partial charge in [0, 0.05) is 60.6 Å². The Balaban J connectivity index is 1.15. The smallest absolute Gasteiger partial charge is 0.255 e. The van der Waals surface area contributed by atoms with E-state index in [1.165, 1.54) is 18.4 Å². The molecule has 212 valence electrons. The predicted octanol–water partition coefficient (Wildman–Crippen LogP) is 5.90. The molecular formula is C34H35N7O. The Hall–Kier alpha value is -4.69. The van der Waals surface area contributed by atoms with E-state index in [4.69, 9.17) is 4.98 Å². The number of anilines is 1. The molecule has 6 rings (SSSR count). The first kappa shape index (κ1) is 27.5. The van der Waals surface area contributed by atoms with Gasteiger partial charge >= 0.3 is 0 Å². The Morgan fingerprint density at radius 2 is 1.69 bits per heavy atom. The molecule has 4 heterocycles. The fraction of sp³-hybridized carbons (Fsp3) is 0.265. The molecule has 3 aromatic heterocycles. The van der Waals surface area contributed by atoms with Crippen LogP contribution in [0.5, 0.6) is 0 Å². The molecule has 0 unspecified atom stereocenters. The molecule has 8 nitrogen and oxygen atoms in total. The quantitative estimate of drug-likeness (QED) is 0.268. The van der Waals surface area contributed by atoms with E-state index in [2.05, 4.69) is 44.5 Å². The maximum Gasteiger partial charge on any atom is 0.255 e. The highest BCUT2D eigenvalue weighted by Crippen LogP contribution is 2.29. The van der Waals surface area contributed by atoms with Crippen LogP contribution >= 0.6 is 0 Å². The van der Waals surface area contributed by atoms with Crippen LogP contribution in [0.4, 0.5) is 5.69 Å². The second kappa shape index (κ2) is 12.0. The third-order valence-electron chi connectivity index (χ3n) is 8.07. The van der Waals surface area contributed by atoms with Crippen molar-refractivity contribution in [1.29, 1.82) is 0 Å². The molecule has 0 bridgehead atoms. The first-order valence-corrected chi connectivity index (χ1v) is 14.4. The molecule has 0 atom stereocenters. The van der Waals surface area contributed by atoms with Crippen LogP contribution in [0, 0.1) is 6.92 Å². The molecule has 5 aromatic rings. The molecule has 1 amide bonds. The van der Waals surface area contributed by atoms with Gasteiger partial charge in [-0.1, -0.05) is 18.2 Å². The standard InChI is InChI=1S/C34H35N7O/c1-23-4-5-26(34(42)37-30-8-6-24(7-9-30)25-11-15-40(2)16-12-25)18-27(23)20-33-36-14-10-31(38-33)28-19-29(22-35-21-28)32-13-17-41(3)39-32/h4-10,13-14,17-19,21-22,25H,11-12,15-16,20H2,1-3H3,(H,37,42). The van der Waals surface area contributed by atoms with E-state index in [0.717, 1.165) is 52.4 Å². The van der Waals surface area contributed by atoms with Crippen molar-refractivity contribution in [1.82, 2.24) is 29.6 Å². The second-order valence-corrected chi connectivity index (χ2v) is 11.2. The summed E-state index contributed by atoms with van der Waals surface area (Å²) in [6.45, 7) is 4.30. The van der Waals surface area contributed by atoms with E-state index in [-0.39, 0.29) is 5.91 Å². The summed E-state index contributed by atoms with van der Waals surface area (Å²) in [5, 5.41) is 7.55. The van der Waals surface area contributed by atoms with Gasteiger partial charge in [-0.05, 0) is 105 Å². The highest BCUT2D eigenvalue weighted by molar-refractivity contribution is 6.04. The first-order chi connectivity index (χ1) is 20.4. The highest BCUT2D eigenvalue weighted by atomic mass is 16.1. The number of hydrogen-bond donors (Lipinski definition) is 1. The summed E-state index contributed by atoms with van der Waals surface area (Å²) < 4.78 is 1.77. The number of likely N-dealkylation sites (tertiary alicyclic amines) is 1. The number of pyridine rings is 1. The van der Waals surface area contributed by atoms with E-state index in [1.807, 2.05) is 68.7 Å². The van der Waals surface area contributed by atoms with Crippen molar-refractivity contribution in [2.75, 3.05) is 25.5 Å². The number of piperidine rings is 1. The average Bonchev–Trinajstić information content (AvgIpc) is 3.45. The summed E-state index contributed by atoms with van der Waals surface area (Å²) >= 11 is 0. The zero-order chi connectivity index (χ0) is 29.1. The number of rotatable bonds is 7. The summed E-state index contributed by atoms with van der Waals surface area (Å²) in [4.78, 5) is 29.3. The van der Waals surface area contributed by atoms with Crippen molar-refractivity contribution in [2.24, 2.45) is 7.05 Å². The SMILES string of the molecule is Cc1ccc(C(=O)Nc2ccc(C3CCN(C)CC3)cc2)cc1Cc1nccc(-c2cncc(-c3ccn(C)n3)c2)n1. The lowest BCUT2D eigenvalue weighted by molar-refractivity contribution is 0.102. The molecule has 2 aromatic carbocycles. The van der Waals surface area contributed by atoms with Gasteiger partial charge in [-0.2, -0.15) is 5.10 Å². The minimum atomic E-state index is -0.129. The topological polar surface area (TPSA) is 88.8 Å². The van der Waals surface area contributed by atoms with Crippen LogP contribution in [-0.4, -0.2) is 55.7 Å². The maximum atomic E-state index is 13.2. The molecule has 1 aliphatic rings. The molecule has 8 heteroatoms. The third-order valence-corrected chi connectivity index (χ3v) is 8.07. The van der Waals surface area contributed by atoms with E-state index in [0.29, 0.717) is 23.7 Å². The minimum Gasteiger partial charge on any atom is -0.322 e. The van der Waals surface area contributed by atoms with Crippen molar-refractivity contribution in [3.05, 3.63) is 114 Å². The number of amides is 1. The molecule has 0 radical (unpaired) electrons. The van der Waals surface area contributed by atoms with Crippen molar-refractivity contribution in [3.8, 4) is 22.5 Å². The van der Waals surface area contributed by atoms with E-state index < -0.39 is 0 Å². The van der Waals surface area contributed by atoms with Gasteiger partial charge in [0.25, 0.3) is 5.91 Å². The Bertz CT molecular complexity index is 1700. The normalized spacial score (nSPS) is 14.2. The lowest BCUT2D eigenvalue weighted by Crippen LogP contribution is -2.29. The van der Waals surface area contributed by atoms with Crippen LogP contribution < -0.4 is 5.32 Å². The predicted molar refractivity (Wildman–Crippen MR) is 165 cm³/mol. The van der Waals surface area contributed by atoms with E-state index in [9.17, 15) is 4.79 Å². The summed E-state index contributed by atoms with van der Waals surface area (Å²) in [7, 11) is 4.07. The summed E-state index contributed by atoms with van der Waals surface area (Å²) in [6.07, 6.45) is 10.2. The molecule has 0 spiro atoms. The monoisotopic (exact) mass is 557 g/mol. The molecule has 1 saturated heterocycles. The van der Waals surface area contributed by atoms with E-state index >= 15 is 0 Å². The maximum absolute atomic E-state index is 13.2. The largest absolute Gasteiger partial charge is 0.322 e. The number of nitrogens with zero attached hydrogens (tertiary/aromatic N) is 6. The van der Waals surface area contributed by atoms with Crippen LogP contribution in [0.15, 0.2) is 85.5 Å². The van der Waals surface area contributed by atoms with Gasteiger partial charge in [-0.15, -0.1) is 0 Å². The highest BCUT2D eigenvalue weighted by Gasteiger charge is 2.18. The lowest BCUT2D eigenvalue weighted by atomic mass is 9.89. The van der Waals surface area contributed by atoms with Crippen LogP contribution in [0.2, 0.25) is 0 Å². The number of carbonyl (C=O) groups is 1. The fourth-order valence-corrected chi connectivity index (χ4v) is 5.49. The first-order valence-electron chi connectivity index (χ1n) is 14.4. The van der Waals surface area contributed by atoms with Gasteiger partial charge in [-0.3, -0.25) is 14.5 Å². The zero-order valence-corrected chi connectivity index (χ0v) is 24.3. The Labute approximate surface area is 246 Å². The van der Waals surface area contributed by atoms with Crippen molar-refractivity contribution < 1.29 is 4.79 Å². The Morgan fingerprint density at radius 3 is 2.43 bits per heavy atom. The molecule has 1 N–H and O–H groups in total. The number of hydrogen-bond acceptors (Lipinski definition) is 6. The summed E-state index contributed by atoms with van der Waals surface area (Å²) in [6, 6.07) is 20.0. The minimum absolute atomic E-state index is 0.129. The Kier molecular flexibility index (Phi) is 7.88. The van der Waals surface area contributed by atoms with Gasteiger partial charge < -0.3 is 10.2 Å². The van der Waals surface area contributed by atoms with Crippen molar-refractivity contribution >= 4 is 11.6 Å². The summed E-state index contributed by atoms with van der Waals surface area (Å²) in [5.74, 6) is 1.14. The van der Waals surface area contributed by atoms with Gasteiger partial charge in [0.2, 0.25) is 0 Å². The summed E-state index contributed by atoms with van der Waals surface area (Å²) in [5.41, 5.74) is 8.34. The fourth-order valence-electron chi connectivity index (χ4n) is 5.49. The number of benzene rings is 2. The third kappa shape index (κ3) is 6.29. The Morgan fingerprint density at radius 1 is 0.929 bits per heavy atom. The van der Waals surface area contributed by atoms with Crippen molar-refractivity contribution in [2.45, 2.75) is 32.1 Å². The molecule has 42 heavy (non-hydrogen) atoms. The van der Waals surface area contributed by atoms with E-state index in [1.54, 1.807) is 23.3 Å². The van der Waals surface area contributed by atoms with Gasteiger partial charge in [-0.25, -0.2) is 9.97 Å². The van der Waals surface area contributed by atoms with Gasteiger partial charge in [0.05, 0.1) is 11.4 Å².